The first kappa shape index (κ1) is 10.5. The predicted molar refractivity (Wildman–Crippen MR) is 63.4 cm³/mol. The van der Waals surface area contributed by atoms with E-state index in [2.05, 4.69) is 33.5 Å². The van der Waals surface area contributed by atoms with Crippen molar-refractivity contribution in [2.24, 2.45) is 0 Å². The minimum atomic E-state index is 0.197. The van der Waals surface area contributed by atoms with E-state index in [0.717, 1.165) is 22.4 Å². The molecule has 0 amide bonds. The molecule has 1 unspecified atom stereocenters. The Bertz CT molecular complexity index is 409. The Morgan fingerprint density at radius 2 is 2.40 bits per heavy atom. The monoisotopic (exact) mass is 240 g/mol. The van der Waals surface area contributed by atoms with Gasteiger partial charge in [0.05, 0.1) is 6.04 Å². The summed E-state index contributed by atoms with van der Waals surface area (Å²) in [6, 6.07) is 0.197. The second-order valence-corrected chi connectivity index (χ2v) is 4.78. The van der Waals surface area contributed by atoms with Crippen molar-refractivity contribution < 1.29 is 0 Å². The van der Waals surface area contributed by atoms with Crippen LogP contribution in [0.2, 0.25) is 0 Å². The molecule has 0 aromatic carbocycles. The lowest BCUT2D eigenvalue weighted by Gasteiger charge is -2.08. The molecule has 15 heavy (non-hydrogen) atoms. The van der Waals surface area contributed by atoms with E-state index in [1.807, 2.05) is 11.6 Å². The van der Waals surface area contributed by atoms with Crippen LogP contribution in [0.4, 0.5) is 5.13 Å². The van der Waals surface area contributed by atoms with E-state index in [9.17, 15) is 0 Å². The molecule has 2 aromatic heterocycles. The highest BCUT2D eigenvalue weighted by Crippen LogP contribution is 2.21. The quantitative estimate of drug-likeness (QED) is 0.892. The second kappa shape index (κ2) is 4.67. The molecule has 0 aliphatic rings. The van der Waals surface area contributed by atoms with E-state index in [4.69, 9.17) is 0 Å². The van der Waals surface area contributed by atoms with Gasteiger partial charge in [0.2, 0.25) is 5.13 Å². The van der Waals surface area contributed by atoms with E-state index in [1.165, 1.54) is 11.5 Å². The third-order valence-electron chi connectivity index (χ3n) is 1.95. The number of aromatic nitrogens is 3. The molecule has 0 saturated heterocycles. The van der Waals surface area contributed by atoms with Crippen molar-refractivity contribution in [3.63, 3.8) is 0 Å². The van der Waals surface area contributed by atoms with E-state index in [0.29, 0.717) is 0 Å². The average Bonchev–Trinajstić information content (AvgIpc) is 2.87. The minimum Gasteiger partial charge on any atom is -0.351 e. The molecular weight excluding hydrogens is 228 g/mol. The molecule has 2 heterocycles. The summed E-state index contributed by atoms with van der Waals surface area (Å²) in [6.07, 6.45) is 2.69. The van der Waals surface area contributed by atoms with E-state index >= 15 is 0 Å². The van der Waals surface area contributed by atoms with Crippen molar-refractivity contribution in [2.75, 3.05) is 5.32 Å². The molecule has 2 aromatic rings. The first-order chi connectivity index (χ1) is 7.29. The fourth-order valence-corrected chi connectivity index (χ4v) is 2.53. The van der Waals surface area contributed by atoms with Gasteiger partial charge in [-0.1, -0.05) is 6.92 Å². The maximum Gasteiger partial charge on any atom is 0.203 e. The van der Waals surface area contributed by atoms with Gasteiger partial charge in [-0.15, -0.1) is 11.3 Å². The van der Waals surface area contributed by atoms with Crippen LogP contribution in [0.5, 0.6) is 0 Å². The summed E-state index contributed by atoms with van der Waals surface area (Å²) < 4.78 is 4.22. The van der Waals surface area contributed by atoms with Crippen molar-refractivity contribution in [1.82, 2.24) is 14.3 Å². The van der Waals surface area contributed by atoms with Crippen LogP contribution in [0.25, 0.3) is 0 Å². The summed E-state index contributed by atoms with van der Waals surface area (Å²) >= 11 is 3.05. The molecular formula is C9H12N4S2. The van der Waals surface area contributed by atoms with Gasteiger partial charge in [0.25, 0.3) is 0 Å². The molecule has 1 atom stereocenters. The van der Waals surface area contributed by atoms with Gasteiger partial charge in [-0.05, 0) is 6.92 Å². The molecule has 0 fully saturated rings. The van der Waals surface area contributed by atoms with Crippen molar-refractivity contribution >= 4 is 28.0 Å². The number of thiazole rings is 1. The highest BCUT2D eigenvalue weighted by molar-refractivity contribution is 7.10. The molecule has 0 bridgehead atoms. The highest BCUT2D eigenvalue weighted by atomic mass is 32.1. The summed E-state index contributed by atoms with van der Waals surface area (Å²) in [4.78, 5) is 8.60. The zero-order valence-corrected chi connectivity index (χ0v) is 10.2. The second-order valence-electron chi connectivity index (χ2n) is 3.11. The number of anilines is 1. The average molecular weight is 240 g/mol. The van der Waals surface area contributed by atoms with Crippen LogP contribution in [0.3, 0.4) is 0 Å². The number of aryl methyl sites for hydroxylation is 1. The maximum atomic E-state index is 4.35. The lowest BCUT2D eigenvalue weighted by Crippen LogP contribution is -2.05. The molecule has 6 heteroatoms. The molecule has 0 aliphatic carbocycles. The Morgan fingerprint density at radius 1 is 1.53 bits per heavy atom. The number of nitrogens with zero attached hydrogens (tertiary/aromatic N) is 3. The summed E-state index contributed by atoms with van der Waals surface area (Å²) in [5.74, 6) is 0.897. The Labute approximate surface area is 96.6 Å². The van der Waals surface area contributed by atoms with Gasteiger partial charge < -0.3 is 5.32 Å². The third-order valence-corrected chi connectivity index (χ3v) is 3.59. The van der Waals surface area contributed by atoms with Gasteiger partial charge in [0.15, 0.2) is 0 Å². The van der Waals surface area contributed by atoms with Crippen LogP contribution in [0.1, 0.15) is 30.7 Å². The zero-order valence-electron chi connectivity index (χ0n) is 8.60. The van der Waals surface area contributed by atoms with E-state index in [-0.39, 0.29) is 6.04 Å². The fraction of sp³-hybridized carbons (Fsp3) is 0.444. The smallest absolute Gasteiger partial charge is 0.203 e. The zero-order chi connectivity index (χ0) is 10.7. The van der Waals surface area contributed by atoms with Crippen molar-refractivity contribution in [3.8, 4) is 0 Å². The Morgan fingerprint density at radius 3 is 3.00 bits per heavy atom. The van der Waals surface area contributed by atoms with Gasteiger partial charge in [0, 0.05) is 29.5 Å². The van der Waals surface area contributed by atoms with Gasteiger partial charge >= 0.3 is 0 Å². The fourth-order valence-electron chi connectivity index (χ4n) is 1.15. The largest absolute Gasteiger partial charge is 0.351 e. The molecule has 0 saturated carbocycles. The Hall–Kier alpha value is -1.01. The molecule has 80 valence electrons. The Kier molecular flexibility index (Phi) is 3.27. The maximum absolute atomic E-state index is 4.35. The predicted octanol–water partition coefficient (Wildman–Crippen LogP) is 2.73. The van der Waals surface area contributed by atoms with E-state index < -0.39 is 0 Å². The topological polar surface area (TPSA) is 50.7 Å². The summed E-state index contributed by atoms with van der Waals surface area (Å²) in [5.41, 5.74) is 0. The lowest BCUT2D eigenvalue weighted by atomic mass is 10.4. The normalized spacial score (nSPS) is 12.7. The number of nitrogens with one attached hydrogen (secondary N) is 1. The molecule has 2 rings (SSSR count). The van der Waals surface area contributed by atoms with Gasteiger partial charge in [-0.2, -0.15) is 4.37 Å². The van der Waals surface area contributed by atoms with E-state index in [1.54, 1.807) is 11.3 Å². The van der Waals surface area contributed by atoms with Gasteiger partial charge in [0.1, 0.15) is 10.8 Å². The molecule has 0 radical (unpaired) electrons. The minimum absolute atomic E-state index is 0.197. The van der Waals surface area contributed by atoms with Crippen LogP contribution in [0, 0.1) is 0 Å². The first-order valence-corrected chi connectivity index (χ1v) is 6.43. The van der Waals surface area contributed by atoms with Crippen molar-refractivity contribution in [1.29, 1.82) is 0 Å². The molecule has 0 spiro atoms. The molecule has 1 N–H and O–H groups in total. The van der Waals surface area contributed by atoms with Crippen molar-refractivity contribution in [2.45, 2.75) is 26.3 Å². The van der Waals surface area contributed by atoms with Crippen LogP contribution in [0.15, 0.2) is 11.6 Å². The van der Waals surface area contributed by atoms with Crippen LogP contribution >= 0.6 is 22.9 Å². The SMILES string of the molecule is CCc1nsc(NC(C)c2nccs2)n1. The number of rotatable bonds is 4. The van der Waals surface area contributed by atoms with Gasteiger partial charge in [-0.25, -0.2) is 9.97 Å². The standard InChI is InChI=1S/C9H12N4S2/c1-3-7-12-9(15-13-7)11-6(2)8-10-4-5-14-8/h4-6H,3H2,1-2H3,(H,11,12,13). The summed E-state index contributed by atoms with van der Waals surface area (Å²) in [7, 11) is 0. The van der Waals surface area contributed by atoms with Crippen LogP contribution < -0.4 is 5.32 Å². The highest BCUT2D eigenvalue weighted by Gasteiger charge is 2.10. The third kappa shape index (κ3) is 2.51. The number of hydrogen-bond donors (Lipinski definition) is 1. The van der Waals surface area contributed by atoms with Crippen LogP contribution in [-0.4, -0.2) is 14.3 Å². The van der Waals surface area contributed by atoms with Crippen LogP contribution in [-0.2, 0) is 6.42 Å². The summed E-state index contributed by atoms with van der Waals surface area (Å²) in [5, 5.41) is 7.21. The summed E-state index contributed by atoms with van der Waals surface area (Å²) in [6.45, 7) is 4.13. The molecule has 0 aliphatic heterocycles. The van der Waals surface area contributed by atoms with Gasteiger partial charge in [-0.3, -0.25) is 0 Å². The first-order valence-electron chi connectivity index (χ1n) is 4.78. The van der Waals surface area contributed by atoms with Crippen molar-refractivity contribution in [3.05, 3.63) is 22.4 Å². The Balaban J connectivity index is 2.02. The molecule has 4 nitrogen and oxygen atoms in total. The number of hydrogen-bond acceptors (Lipinski definition) is 6. The lowest BCUT2D eigenvalue weighted by molar-refractivity contribution is 0.863.